The van der Waals surface area contributed by atoms with Gasteiger partial charge in [-0.05, 0) is 26.9 Å². The number of hydrogen-bond acceptors (Lipinski definition) is 4. The third-order valence-electron chi connectivity index (χ3n) is 3.37. The molecule has 0 saturated carbocycles. The third kappa shape index (κ3) is 2.69. The molecule has 1 amide bonds. The molecule has 1 aliphatic heterocycles. The lowest BCUT2D eigenvalue weighted by Crippen LogP contribution is -2.42. The second-order valence-corrected chi connectivity index (χ2v) is 4.92. The van der Waals surface area contributed by atoms with E-state index in [0.717, 1.165) is 38.3 Å². The van der Waals surface area contributed by atoms with Gasteiger partial charge in [-0.15, -0.1) is 5.10 Å². The summed E-state index contributed by atoms with van der Waals surface area (Å²) in [5.41, 5.74) is 0. The first-order valence-corrected chi connectivity index (χ1v) is 6.52. The van der Waals surface area contributed by atoms with Crippen molar-refractivity contribution in [2.45, 2.75) is 32.7 Å². The predicted molar refractivity (Wildman–Crippen MR) is 68.4 cm³/mol. The fraction of sp³-hybridized carbons (Fsp3) is 0.750. The molecule has 0 aliphatic carbocycles. The van der Waals surface area contributed by atoms with Gasteiger partial charge in [0.05, 0.1) is 0 Å². The zero-order valence-electron chi connectivity index (χ0n) is 11.3. The van der Waals surface area contributed by atoms with Gasteiger partial charge in [0, 0.05) is 25.6 Å². The van der Waals surface area contributed by atoms with Crippen LogP contribution in [-0.4, -0.2) is 63.6 Å². The van der Waals surface area contributed by atoms with Gasteiger partial charge in [0.15, 0.2) is 0 Å². The SMILES string of the molecule is CCc1nc(C(=O)N2CCCN(C)CC2C)n[nH]1. The van der Waals surface area contributed by atoms with E-state index in [1.807, 2.05) is 11.8 Å². The number of carbonyl (C=O) groups excluding carboxylic acids is 1. The highest BCUT2D eigenvalue weighted by Crippen LogP contribution is 2.11. The van der Waals surface area contributed by atoms with Crippen LogP contribution in [0, 0.1) is 0 Å². The van der Waals surface area contributed by atoms with Crippen LogP contribution in [-0.2, 0) is 6.42 Å². The highest BCUT2D eigenvalue weighted by molar-refractivity contribution is 5.90. The molecule has 18 heavy (non-hydrogen) atoms. The van der Waals surface area contributed by atoms with E-state index in [0.29, 0.717) is 5.82 Å². The summed E-state index contributed by atoms with van der Waals surface area (Å²) in [7, 11) is 2.09. The van der Waals surface area contributed by atoms with Gasteiger partial charge in [-0.2, -0.15) is 0 Å². The maximum absolute atomic E-state index is 12.4. The number of nitrogens with zero attached hydrogens (tertiary/aromatic N) is 4. The average molecular weight is 251 g/mol. The zero-order chi connectivity index (χ0) is 13.1. The van der Waals surface area contributed by atoms with Crippen LogP contribution in [0.25, 0.3) is 0 Å². The molecule has 0 bridgehead atoms. The van der Waals surface area contributed by atoms with Crippen LogP contribution in [0.1, 0.15) is 36.7 Å². The van der Waals surface area contributed by atoms with Gasteiger partial charge in [0.1, 0.15) is 5.82 Å². The molecule has 0 radical (unpaired) electrons. The van der Waals surface area contributed by atoms with Crippen LogP contribution in [0.3, 0.4) is 0 Å². The molecule has 1 aromatic heterocycles. The normalized spacial score (nSPS) is 21.9. The molecule has 0 aromatic carbocycles. The van der Waals surface area contributed by atoms with E-state index in [2.05, 4.69) is 34.1 Å². The summed E-state index contributed by atoms with van der Waals surface area (Å²) in [6.45, 7) is 6.77. The molecule has 1 saturated heterocycles. The molecular weight excluding hydrogens is 230 g/mol. The van der Waals surface area contributed by atoms with Crippen molar-refractivity contribution >= 4 is 5.91 Å². The minimum Gasteiger partial charge on any atom is -0.332 e. The fourth-order valence-corrected chi connectivity index (χ4v) is 2.35. The van der Waals surface area contributed by atoms with Crippen molar-refractivity contribution in [3.05, 3.63) is 11.6 Å². The zero-order valence-corrected chi connectivity index (χ0v) is 11.3. The number of aromatic amines is 1. The molecule has 1 atom stereocenters. The number of H-pyrrole nitrogens is 1. The van der Waals surface area contributed by atoms with Crippen LogP contribution >= 0.6 is 0 Å². The van der Waals surface area contributed by atoms with E-state index in [4.69, 9.17) is 0 Å². The van der Waals surface area contributed by atoms with Crippen LogP contribution < -0.4 is 0 Å². The first-order valence-electron chi connectivity index (χ1n) is 6.52. The number of likely N-dealkylation sites (N-methyl/N-ethyl adjacent to an activating group) is 1. The van der Waals surface area contributed by atoms with Crippen molar-refractivity contribution in [3.8, 4) is 0 Å². The maximum Gasteiger partial charge on any atom is 0.293 e. The standard InChI is InChI=1S/C12H21N5O/c1-4-10-13-11(15-14-10)12(18)17-7-5-6-16(3)8-9(17)2/h9H,4-8H2,1-3H3,(H,13,14,15). The van der Waals surface area contributed by atoms with Crippen LogP contribution in [0.5, 0.6) is 0 Å². The topological polar surface area (TPSA) is 65.1 Å². The number of aryl methyl sites for hydroxylation is 1. The Morgan fingerprint density at radius 1 is 1.50 bits per heavy atom. The predicted octanol–water partition coefficient (Wildman–Crippen LogP) is 0.533. The van der Waals surface area contributed by atoms with Crippen LogP contribution in [0.4, 0.5) is 0 Å². The van der Waals surface area contributed by atoms with E-state index >= 15 is 0 Å². The quantitative estimate of drug-likeness (QED) is 0.833. The molecule has 2 rings (SSSR count). The van der Waals surface area contributed by atoms with Crippen molar-refractivity contribution in [2.75, 3.05) is 26.7 Å². The van der Waals surface area contributed by atoms with Crippen molar-refractivity contribution in [1.29, 1.82) is 0 Å². The number of nitrogens with one attached hydrogen (secondary N) is 1. The fourth-order valence-electron chi connectivity index (χ4n) is 2.35. The average Bonchev–Trinajstić information content (AvgIpc) is 2.75. The number of amides is 1. The lowest BCUT2D eigenvalue weighted by atomic mass is 10.2. The summed E-state index contributed by atoms with van der Waals surface area (Å²) < 4.78 is 0. The Labute approximate surface area is 107 Å². The second kappa shape index (κ2) is 5.48. The van der Waals surface area contributed by atoms with Gasteiger partial charge < -0.3 is 9.80 Å². The lowest BCUT2D eigenvalue weighted by molar-refractivity contribution is 0.0684. The number of rotatable bonds is 2. The Kier molecular flexibility index (Phi) is 3.96. The monoisotopic (exact) mass is 251 g/mol. The molecule has 1 N–H and O–H groups in total. The van der Waals surface area contributed by atoms with E-state index in [-0.39, 0.29) is 11.9 Å². The Balaban J connectivity index is 2.11. The summed E-state index contributed by atoms with van der Waals surface area (Å²) in [4.78, 5) is 20.7. The Morgan fingerprint density at radius 2 is 2.28 bits per heavy atom. The van der Waals surface area contributed by atoms with E-state index in [1.54, 1.807) is 0 Å². The van der Waals surface area contributed by atoms with Gasteiger partial charge >= 0.3 is 0 Å². The minimum absolute atomic E-state index is 0.0613. The van der Waals surface area contributed by atoms with Gasteiger partial charge in [-0.25, -0.2) is 4.98 Å². The molecule has 0 spiro atoms. The van der Waals surface area contributed by atoms with E-state index < -0.39 is 0 Å². The highest BCUT2D eigenvalue weighted by atomic mass is 16.2. The number of aromatic nitrogens is 3. The van der Waals surface area contributed by atoms with Gasteiger partial charge in [0.25, 0.3) is 5.91 Å². The molecule has 1 unspecified atom stereocenters. The van der Waals surface area contributed by atoms with Gasteiger partial charge in [0.2, 0.25) is 5.82 Å². The molecule has 1 aliphatic rings. The molecule has 1 aromatic rings. The second-order valence-electron chi connectivity index (χ2n) is 4.92. The molecule has 1 fully saturated rings. The lowest BCUT2D eigenvalue weighted by Gasteiger charge is -2.26. The third-order valence-corrected chi connectivity index (χ3v) is 3.37. The van der Waals surface area contributed by atoms with Gasteiger partial charge in [-0.3, -0.25) is 9.89 Å². The largest absolute Gasteiger partial charge is 0.332 e. The first kappa shape index (κ1) is 13.0. The highest BCUT2D eigenvalue weighted by Gasteiger charge is 2.27. The van der Waals surface area contributed by atoms with Crippen molar-refractivity contribution in [1.82, 2.24) is 25.0 Å². The summed E-state index contributed by atoms with van der Waals surface area (Å²) in [5.74, 6) is 0.995. The van der Waals surface area contributed by atoms with Crippen LogP contribution in [0.2, 0.25) is 0 Å². The van der Waals surface area contributed by atoms with E-state index in [9.17, 15) is 4.79 Å². The number of hydrogen-bond donors (Lipinski definition) is 1. The Bertz CT molecular complexity index is 416. The first-order chi connectivity index (χ1) is 8.61. The Morgan fingerprint density at radius 3 is 2.94 bits per heavy atom. The summed E-state index contributed by atoms with van der Waals surface area (Å²) in [5, 5.41) is 6.80. The van der Waals surface area contributed by atoms with E-state index in [1.165, 1.54) is 0 Å². The Hall–Kier alpha value is -1.43. The molecular formula is C12H21N5O. The maximum atomic E-state index is 12.4. The van der Waals surface area contributed by atoms with Crippen molar-refractivity contribution in [2.24, 2.45) is 0 Å². The summed E-state index contributed by atoms with van der Waals surface area (Å²) >= 11 is 0. The molecule has 2 heterocycles. The minimum atomic E-state index is -0.0613. The van der Waals surface area contributed by atoms with Crippen molar-refractivity contribution < 1.29 is 4.79 Å². The van der Waals surface area contributed by atoms with Crippen molar-refractivity contribution in [3.63, 3.8) is 0 Å². The molecule has 6 heteroatoms. The van der Waals surface area contributed by atoms with Crippen LogP contribution in [0.15, 0.2) is 0 Å². The summed E-state index contributed by atoms with van der Waals surface area (Å²) in [6.07, 6.45) is 1.76. The van der Waals surface area contributed by atoms with Gasteiger partial charge in [-0.1, -0.05) is 6.92 Å². The number of carbonyl (C=O) groups is 1. The summed E-state index contributed by atoms with van der Waals surface area (Å²) in [6, 6.07) is 0.202. The molecule has 100 valence electrons. The molecule has 6 nitrogen and oxygen atoms in total. The smallest absolute Gasteiger partial charge is 0.293 e.